The maximum absolute atomic E-state index is 11.1. The van der Waals surface area contributed by atoms with Gasteiger partial charge in [-0.25, -0.2) is 5.48 Å². The smallest absolute Gasteiger partial charge is 0.267 e. The van der Waals surface area contributed by atoms with Crippen LogP contribution in [0.1, 0.15) is 22.5 Å². The number of tetrazole rings is 1. The topological polar surface area (TPSA) is 123 Å². The molecule has 2 heterocycles. The lowest BCUT2D eigenvalue weighted by molar-refractivity contribution is -0.124. The lowest BCUT2D eigenvalue weighted by atomic mass is 10.1. The third-order valence-electron chi connectivity index (χ3n) is 5.05. The Bertz CT molecular complexity index is 1150. The van der Waals surface area contributed by atoms with Gasteiger partial charge in [0.25, 0.3) is 5.91 Å². The number of rotatable bonds is 9. The van der Waals surface area contributed by atoms with E-state index in [1.807, 2.05) is 30.3 Å². The van der Waals surface area contributed by atoms with Gasteiger partial charge in [0, 0.05) is 36.3 Å². The zero-order valence-electron chi connectivity index (χ0n) is 16.8. The molecular weight excluding hydrogens is 394 g/mol. The van der Waals surface area contributed by atoms with Crippen molar-refractivity contribution < 1.29 is 10.0 Å². The van der Waals surface area contributed by atoms with Gasteiger partial charge in [-0.15, -0.1) is 10.2 Å². The maximum atomic E-state index is 11.1. The van der Waals surface area contributed by atoms with Gasteiger partial charge in [-0.2, -0.15) is 5.21 Å². The molecule has 0 saturated heterocycles. The van der Waals surface area contributed by atoms with Gasteiger partial charge in [-0.3, -0.25) is 14.9 Å². The van der Waals surface area contributed by atoms with Gasteiger partial charge < -0.3 is 4.98 Å². The van der Waals surface area contributed by atoms with Crippen LogP contribution in [0.5, 0.6) is 0 Å². The first-order chi connectivity index (χ1) is 15.2. The Labute approximate surface area is 178 Å². The molecule has 0 aliphatic heterocycles. The molecule has 9 heteroatoms. The van der Waals surface area contributed by atoms with Gasteiger partial charge in [0.1, 0.15) is 0 Å². The summed E-state index contributed by atoms with van der Waals surface area (Å²) in [5, 5.41) is 24.2. The van der Waals surface area contributed by atoms with Gasteiger partial charge in [0.2, 0.25) is 0 Å². The van der Waals surface area contributed by atoms with E-state index >= 15 is 0 Å². The quantitative estimate of drug-likeness (QED) is 0.188. The van der Waals surface area contributed by atoms with E-state index in [9.17, 15) is 4.79 Å². The largest absolute Gasteiger partial charge is 0.361 e. The van der Waals surface area contributed by atoms with Crippen LogP contribution >= 0.6 is 0 Å². The molecular formula is C22H23N7O2. The highest BCUT2D eigenvalue weighted by atomic mass is 16.5. The van der Waals surface area contributed by atoms with Crippen LogP contribution in [0.25, 0.3) is 17.0 Å². The molecule has 0 fully saturated rings. The number of nitrogens with zero attached hydrogens (tertiary/aromatic N) is 4. The minimum absolute atomic E-state index is 0.562. The number of aromatic nitrogens is 5. The minimum Gasteiger partial charge on any atom is -0.361 e. The van der Waals surface area contributed by atoms with Crippen molar-refractivity contribution in [1.29, 1.82) is 0 Å². The normalized spacial score (nSPS) is 11.5. The number of aromatic amines is 2. The summed E-state index contributed by atoms with van der Waals surface area (Å²) in [6.07, 6.45) is 5.88. The Morgan fingerprint density at radius 1 is 1.13 bits per heavy atom. The van der Waals surface area contributed by atoms with Crippen LogP contribution in [-0.4, -0.2) is 48.2 Å². The zero-order valence-corrected chi connectivity index (χ0v) is 16.8. The Morgan fingerprint density at radius 3 is 2.74 bits per heavy atom. The molecule has 0 aliphatic carbocycles. The van der Waals surface area contributed by atoms with Crippen molar-refractivity contribution in [2.75, 3.05) is 6.54 Å². The highest BCUT2D eigenvalue weighted by Crippen LogP contribution is 2.19. The fraction of sp³-hybridized carbons (Fsp3) is 0.182. The van der Waals surface area contributed by atoms with Gasteiger partial charge in [-0.1, -0.05) is 47.7 Å². The van der Waals surface area contributed by atoms with Crippen molar-refractivity contribution in [1.82, 2.24) is 36.0 Å². The minimum atomic E-state index is -0.562. The summed E-state index contributed by atoms with van der Waals surface area (Å²) in [5.74, 6) is 0.0844. The Kier molecular flexibility index (Phi) is 6.46. The van der Waals surface area contributed by atoms with E-state index in [1.54, 1.807) is 11.6 Å². The lowest BCUT2D eigenvalue weighted by Gasteiger charge is -2.21. The molecule has 0 radical (unpaired) electrons. The SMILES string of the molecule is O=C(/C=C/c1ccc(CN(CCc2c[nH]c3ccccc23)Cc2nn[nH]n2)cc1)NO. The summed E-state index contributed by atoms with van der Waals surface area (Å²) in [6.45, 7) is 2.13. The molecule has 9 nitrogen and oxygen atoms in total. The van der Waals surface area contributed by atoms with Crippen molar-refractivity contribution in [3.8, 4) is 0 Å². The lowest BCUT2D eigenvalue weighted by Crippen LogP contribution is -2.26. The molecule has 31 heavy (non-hydrogen) atoms. The molecule has 2 aromatic carbocycles. The molecule has 1 amide bonds. The Balaban J connectivity index is 1.45. The Hall–Kier alpha value is -3.82. The fourth-order valence-electron chi connectivity index (χ4n) is 3.48. The number of hydrogen-bond acceptors (Lipinski definition) is 6. The van der Waals surface area contributed by atoms with Crippen LogP contribution in [0.3, 0.4) is 0 Å². The van der Waals surface area contributed by atoms with Crippen LogP contribution < -0.4 is 5.48 Å². The first kappa shape index (κ1) is 20.5. The molecule has 2 aromatic heterocycles. The van der Waals surface area contributed by atoms with Crippen molar-refractivity contribution in [2.24, 2.45) is 0 Å². The van der Waals surface area contributed by atoms with E-state index in [2.05, 4.69) is 54.9 Å². The Morgan fingerprint density at radius 2 is 1.97 bits per heavy atom. The predicted octanol–water partition coefficient (Wildman–Crippen LogP) is 2.44. The van der Waals surface area contributed by atoms with Gasteiger partial charge >= 0.3 is 0 Å². The highest BCUT2D eigenvalue weighted by molar-refractivity contribution is 5.90. The maximum Gasteiger partial charge on any atom is 0.267 e. The molecule has 0 atom stereocenters. The number of amides is 1. The van der Waals surface area contributed by atoms with Crippen LogP contribution in [-0.2, 0) is 24.3 Å². The summed E-state index contributed by atoms with van der Waals surface area (Å²) in [7, 11) is 0. The number of carbonyl (C=O) groups excluding carboxylic acids is 1. The number of benzene rings is 2. The van der Waals surface area contributed by atoms with E-state index in [1.165, 1.54) is 17.0 Å². The average Bonchev–Trinajstić information content (AvgIpc) is 3.46. The molecule has 0 spiro atoms. The molecule has 0 bridgehead atoms. The first-order valence-electron chi connectivity index (χ1n) is 9.92. The molecule has 4 rings (SSSR count). The number of fused-ring (bicyclic) bond motifs is 1. The summed E-state index contributed by atoms with van der Waals surface area (Å²) in [5.41, 5.74) is 5.99. The molecule has 4 aromatic rings. The van der Waals surface area contributed by atoms with Crippen molar-refractivity contribution in [3.63, 3.8) is 0 Å². The van der Waals surface area contributed by atoms with Crippen LogP contribution in [0.4, 0.5) is 0 Å². The van der Waals surface area contributed by atoms with E-state index in [4.69, 9.17) is 5.21 Å². The standard InChI is InChI=1S/C22H23N7O2/c30-22(26-31)10-9-16-5-7-17(8-6-16)14-29(15-21-24-27-28-25-21)12-11-18-13-23-20-4-2-1-3-19(18)20/h1-10,13,23,31H,11-12,14-15H2,(H,26,30)(H,24,25,27,28)/b10-9+. The molecule has 0 aliphatic rings. The van der Waals surface area contributed by atoms with E-state index in [-0.39, 0.29) is 0 Å². The zero-order chi connectivity index (χ0) is 21.5. The van der Waals surface area contributed by atoms with Crippen molar-refractivity contribution >= 4 is 22.9 Å². The van der Waals surface area contributed by atoms with Crippen LogP contribution in [0, 0.1) is 0 Å². The summed E-state index contributed by atoms with van der Waals surface area (Å²) in [4.78, 5) is 16.7. The van der Waals surface area contributed by atoms with Crippen molar-refractivity contribution in [2.45, 2.75) is 19.5 Å². The van der Waals surface area contributed by atoms with E-state index in [0.717, 1.165) is 36.2 Å². The van der Waals surface area contributed by atoms with Crippen LogP contribution in [0.15, 0.2) is 60.8 Å². The average molecular weight is 417 g/mol. The second-order valence-electron chi connectivity index (χ2n) is 7.20. The number of para-hydroxylation sites is 1. The molecule has 0 saturated carbocycles. The number of hydroxylamine groups is 1. The molecule has 158 valence electrons. The van der Waals surface area contributed by atoms with E-state index in [0.29, 0.717) is 12.4 Å². The van der Waals surface area contributed by atoms with Gasteiger partial charge in [0.05, 0.1) is 6.54 Å². The summed E-state index contributed by atoms with van der Waals surface area (Å²) < 4.78 is 0. The molecule has 0 unspecified atom stereocenters. The van der Waals surface area contributed by atoms with Gasteiger partial charge in [-0.05, 0) is 35.3 Å². The number of nitrogens with one attached hydrogen (secondary N) is 3. The fourth-order valence-corrected chi connectivity index (χ4v) is 3.48. The van der Waals surface area contributed by atoms with E-state index < -0.39 is 5.91 Å². The second kappa shape index (κ2) is 9.79. The van der Waals surface area contributed by atoms with Crippen LogP contribution in [0.2, 0.25) is 0 Å². The monoisotopic (exact) mass is 417 g/mol. The first-order valence-corrected chi connectivity index (χ1v) is 9.92. The second-order valence-corrected chi connectivity index (χ2v) is 7.20. The summed E-state index contributed by atoms with van der Waals surface area (Å²) >= 11 is 0. The third kappa shape index (κ3) is 5.41. The van der Waals surface area contributed by atoms with Crippen molar-refractivity contribution in [3.05, 3.63) is 83.3 Å². The third-order valence-corrected chi connectivity index (χ3v) is 5.05. The number of hydrogen-bond donors (Lipinski definition) is 4. The number of carbonyl (C=O) groups is 1. The van der Waals surface area contributed by atoms with Gasteiger partial charge in [0.15, 0.2) is 5.82 Å². The number of H-pyrrole nitrogens is 2. The predicted molar refractivity (Wildman–Crippen MR) is 116 cm³/mol. The molecule has 4 N–H and O–H groups in total. The summed E-state index contributed by atoms with van der Waals surface area (Å²) in [6, 6.07) is 16.2. The highest BCUT2D eigenvalue weighted by Gasteiger charge is 2.12.